The molecule has 0 spiro atoms. The first-order valence-electron chi connectivity index (χ1n) is 5.25. The molecule has 0 fully saturated rings. The van der Waals surface area contributed by atoms with Gasteiger partial charge < -0.3 is 0 Å². The SMILES string of the molecule is Cc1ccc(-c2cc(C(C)C)c(C)s2)s1. The molecule has 0 aromatic carbocycles. The molecule has 0 nitrogen and oxygen atoms in total. The summed E-state index contributed by atoms with van der Waals surface area (Å²) in [6.07, 6.45) is 0. The van der Waals surface area contributed by atoms with Gasteiger partial charge in [-0.25, -0.2) is 0 Å². The molecule has 0 amide bonds. The number of aryl methyl sites for hydroxylation is 2. The molecule has 0 aliphatic carbocycles. The first-order valence-corrected chi connectivity index (χ1v) is 6.88. The number of hydrogen-bond acceptors (Lipinski definition) is 2. The fourth-order valence-electron chi connectivity index (χ4n) is 1.76. The summed E-state index contributed by atoms with van der Waals surface area (Å²) in [5, 5.41) is 0. The van der Waals surface area contributed by atoms with E-state index in [0.29, 0.717) is 5.92 Å². The van der Waals surface area contributed by atoms with Crippen LogP contribution in [0.25, 0.3) is 9.75 Å². The van der Waals surface area contributed by atoms with E-state index in [1.165, 1.54) is 25.1 Å². The van der Waals surface area contributed by atoms with Crippen LogP contribution < -0.4 is 0 Å². The lowest BCUT2D eigenvalue weighted by Gasteiger charge is -2.01. The largest absolute Gasteiger partial charge is 0.140 e. The molecule has 2 heteroatoms. The zero-order valence-corrected chi connectivity index (χ0v) is 11.3. The second-order valence-corrected chi connectivity index (χ2v) is 6.73. The van der Waals surface area contributed by atoms with Crippen molar-refractivity contribution in [2.75, 3.05) is 0 Å². The summed E-state index contributed by atoms with van der Waals surface area (Å²) >= 11 is 3.80. The van der Waals surface area contributed by atoms with Gasteiger partial charge in [-0.2, -0.15) is 0 Å². The average molecular weight is 236 g/mol. The predicted octanol–water partition coefficient (Wildman–Crippen LogP) is 5.22. The van der Waals surface area contributed by atoms with E-state index in [2.05, 4.69) is 45.9 Å². The molecule has 0 atom stereocenters. The Bertz CT molecular complexity index is 461. The van der Waals surface area contributed by atoms with Crippen LogP contribution in [-0.4, -0.2) is 0 Å². The van der Waals surface area contributed by atoms with Crippen molar-refractivity contribution in [3.05, 3.63) is 33.5 Å². The fourth-order valence-corrected chi connectivity index (χ4v) is 3.88. The zero-order valence-electron chi connectivity index (χ0n) is 9.63. The van der Waals surface area contributed by atoms with Crippen LogP contribution in [0.15, 0.2) is 18.2 Å². The third kappa shape index (κ3) is 2.16. The highest BCUT2D eigenvalue weighted by atomic mass is 32.1. The average Bonchev–Trinajstić information content (AvgIpc) is 2.71. The van der Waals surface area contributed by atoms with E-state index in [1.807, 2.05) is 22.7 Å². The first kappa shape index (κ1) is 10.9. The molecule has 2 aromatic heterocycles. The summed E-state index contributed by atoms with van der Waals surface area (Å²) in [5.74, 6) is 0.635. The normalized spacial score (nSPS) is 11.3. The van der Waals surface area contributed by atoms with Crippen LogP contribution in [0.3, 0.4) is 0 Å². The van der Waals surface area contributed by atoms with Crippen molar-refractivity contribution in [1.82, 2.24) is 0 Å². The molecule has 0 unspecified atom stereocenters. The van der Waals surface area contributed by atoms with Crippen LogP contribution in [0.4, 0.5) is 0 Å². The van der Waals surface area contributed by atoms with Crippen molar-refractivity contribution < 1.29 is 0 Å². The highest BCUT2D eigenvalue weighted by Crippen LogP contribution is 2.37. The molecule has 0 bridgehead atoms. The van der Waals surface area contributed by atoms with Crippen molar-refractivity contribution >= 4 is 22.7 Å². The molecule has 0 radical (unpaired) electrons. The topological polar surface area (TPSA) is 0 Å². The second-order valence-electron chi connectivity index (χ2n) is 4.19. The van der Waals surface area contributed by atoms with Crippen LogP contribution in [0.1, 0.15) is 35.1 Å². The monoisotopic (exact) mass is 236 g/mol. The third-order valence-electron chi connectivity index (χ3n) is 2.56. The molecule has 2 rings (SSSR count). The Morgan fingerprint density at radius 2 is 1.73 bits per heavy atom. The summed E-state index contributed by atoms with van der Waals surface area (Å²) in [6, 6.07) is 6.79. The Morgan fingerprint density at radius 3 is 2.20 bits per heavy atom. The van der Waals surface area contributed by atoms with E-state index in [9.17, 15) is 0 Å². The Morgan fingerprint density at radius 1 is 1.00 bits per heavy atom. The number of rotatable bonds is 2. The quantitative estimate of drug-likeness (QED) is 0.671. The van der Waals surface area contributed by atoms with E-state index >= 15 is 0 Å². The van der Waals surface area contributed by atoms with Gasteiger partial charge in [0.2, 0.25) is 0 Å². The highest BCUT2D eigenvalue weighted by molar-refractivity contribution is 7.22. The van der Waals surface area contributed by atoms with Crippen molar-refractivity contribution in [3.63, 3.8) is 0 Å². The van der Waals surface area contributed by atoms with Crippen molar-refractivity contribution in [3.8, 4) is 9.75 Å². The minimum atomic E-state index is 0.635. The molecule has 0 saturated heterocycles. The molecule has 2 aromatic rings. The molecule has 2 heterocycles. The highest BCUT2D eigenvalue weighted by Gasteiger charge is 2.10. The molecule has 0 aliphatic rings. The van der Waals surface area contributed by atoms with Gasteiger partial charge in [0, 0.05) is 19.5 Å². The van der Waals surface area contributed by atoms with E-state index in [1.54, 1.807) is 0 Å². The molecule has 0 N–H and O–H groups in total. The second kappa shape index (κ2) is 4.11. The van der Waals surface area contributed by atoms with Gasteiger partial charge in [-0.05, 0) is 43.5 Å². The summed E-state index contributed by atoms with van der Waals surface area (Å²) < 4.78 is 0. The van der Waals surface area contributed by atoms with Crippen molar-refractivity contribution in [2.24, 2.45) is 0 Å². The number of hydrogen-bond donors (Lipinski definition) is 0. The van der Waals surface area contributed by atoms with Crippen LogP contribution in [0, 0.1) is 13.8 Å². The molecule has 15 heavy (non-hydrogen) atoms. The summed E-state index contributed by atoms with van der Waals surface area (Å²) in [7, 11) is 0. The Labute approximate surface area is 99.6 Å². The van der Waals surface area contributed by atoms with Crippen LogP contribution in [-0.2, 0) is 0 Å². The van der Waals surface area contributed by atoms with Gasteiger partial charge in [0.25, 0.3) is 0 Å². The Kier molecular flexibility index (Phi) is 2.98. The maximum absolute atomic E-state index is 2.36. The van der Waals surface area contributed by atoms with Crippen molar-refractivity contribution in [2.45, 2.75) is 33.6 Å². The fraction of sp³-hybridized carbons (Fsp3) is 0.385. The molecule has 0 aliphatic heterocycles. The summed E-state index contributed by atoms with van der Waals surface area (Å²) in [6.45, 7) is 8.92. The first-order chi connectivity index (χ1) is 7.08. The van der Waals surface area contributed by atoms with Gasteiger partial charge in [-0.15, -0.1) is 22.7 Å². The Hall–Kier alpha value is -0.600. The van der Waals surface area contributed by atoms with Gasteiger partial charge in [-0.3, -0.25) is 0 Å². The van der Waals surface area contributed by atoms with Gasteiger partial charge in [0.05, 0.1) is 0 Å². The van der Waals surface area contributed by atoms with Crippen molar-refractivity contribution in [1.29, 1.82) is 0 Å². The minimum absolute atomic E-state index is 0.635. The van der Waals surface area contributed by atoms with E-state index in [-0.39, 0.29) is 0 Å². The lowest BCUT2D eigenvalue weighted by atomic mass is 10.0. The van der Waals surface area contributed by atoms with E-state index < -0.39 is 0 Å². The molecular formula is C13H16S2. The molecule has 0 saturated carbocycles. The standard InChI is InChI=1S/C13H16S2/c1-8(2)11-7-13(15-10(11)4)12-6-5-9(3)14-12/h5-8H,1-4H3. The van der Waals surface area contributed by atoms with Crippen LogP contribution >= 0.6 is 22.7 Å². The van der Waals surface area contributed by atoms with E-state index in [0.717, 1.165) is 0 Å². The minimum Gasteiger partial charge on any atom is -0.140 e. The molecular weight excluding hydrogens is 220 g/mol. The summed E-state index contributed by atoms with van der Waals surface area (Å²) in [5.41, 5.74) is 1.50. The smallest absolute Gasteiger partial charge is 0.0448 e. The zero-order chi connectivity index (χ0) is 11.0. The predicted molar refractivity (Wildman–Crippen MR) is 71.2 cm³/mol. The lowest BCUT2D eigenvalue weighted by molar-refractivity contribution is 0.865. The third-order valence-corrected chi connectivity index (χ3v) is 4.82. The van der Waals surface area contributed by atoms with Crippen LogP contribution in [0.5, 0.6) is 0 Å². The molecule has 80 valence electrons. The Balaban J connectivity index is 2.42. The maximum Gasteiger partial charge on any atom is 0.0448 e. The van der Waals surface area contributed by atoms with E-state index in [4.69, 9.17) is 0 Å². The lowest BCUT2D eigenvalue weighted by Crippen LogP contribution is -1.84. The summed E-state index contributed by atoms with van der Waals surface area (Å²) in [4.78, 5) is 5.69. The van der Waals surface area contributed by atoms with Gasteiger partial charge in [-0.1, -0.05) is 13.8 Å². The maximum atomic E-state index is 2.36. The number of thiophene rings is 2. The van der Waals surface area contributed by atoms with Gasteiger partial charge >= 0.3 is 0 Å². The van der Waals surface area contributed by atoms with Crippen LogP contribution in [0.2, 0.25) is 0 Å². The van der Waals surface area contributed by atoms with Gasteiger partial charge in [0.15, 0.2) is 0 Å². The van der Waals surface area contributed by atoms with Gasteiger partial charge in [0.1, 0.15) is 0 Å².